The first-order chi connectivity index (χ1) is 38.0. The number of hydrogen-bond donors (Lipinski definition) is 6. The number of carbonyl (C=O) groups excluding carboxylic acids is 4. The number of fused-ring (bicyclic) bond motifs is 2. The third-order valence-electron chi connectivity index (χ3n) is 12.8. The number of anilines is 2. The molecular weight excluding hydrogens is 1100 g/mol. The van der Waals surface area contributed by atoms with E-state index in [-0.39, 0.29) is 46.6 Å². The van der Waals surface area contributed by atoms with E-state index in [9.17, 15) is 57.2 Å². The van der Waals surface area contributed by atoms with Crippen LogP contribution in [0.4, 0.5) is 28.9 Å². The molecule has 3 heterocycles. The van der Waals surface area contributed by atoms with Gasteiger partial charge in [0.2, 0.25) is 0 Å². The van der Waals surface area contributed by atoms with Crippen LogP contribution in [0, 0.1) is 34.1 Å². The summed E-state index contributed by atoms with van der Waals surface area (Å²) in [5.74, 6) is -6.41. The van der Waals surface area contributed by atoms with E-state index in [1.807, 2.05) is 59.8 Å². The Morgan fingerprint density at radius 3 is 1.57 bits per heavy atom. The van der Waals surface area contributed by atoms with Gasteiger partial charge in [0.05, 0.1) is 24.5 Å². The number of halogens is 4. The van der Waals surface area contributed by atoms with Crippen molar-refractivity contribution in [1.82, 2.24) is 10.6 Å². The molecule has 10 atom stereocenters. The van der Waals surface area contributed by atoms with Crippen LogP contribution in [0.15, 0.2) is 119 Å². The van der Waals surface area contributed by atoms with Crippen molar-refractivity contribution in [3.8, 4) is 0 Å². The van der Waals surface area contributed by atoms with Crippen molar-refractivity contribution in [3.05, 3.63) is 144 Å². The quantitative estimate of drug-likeness (QED) is 0.0477. The minimum absolute atomic E-state index is 0.108. The van der Waals surface area contributed by atoms with Crippen LogP contribution in [0.2, 0.25) is 0 Å². The van der Waals surface area contributed by atoms with Gasteiger partial charge in [-0.05, 0) is 84.3 Å². The molecule has 4 aromatic carbocycles. The van der Waals surface area contributed by atoms with E-state index in [1.54, 1.807) is 62.4 Å². The molecule has 22 heteroatoms. The molecule has 1 fully saturated rings. The summed E-state index contributed by atoms with van der Waals surface area (Å²) >= 11 is 2.68. The topological polar surface area (TPSA) is 217 Å². The minimum atomic E-state index is -1.81. The molecule has 16 nitrogen and oxygen atoms in total. The molecule has 6 N–H and O–H groups in total. The fourth-order valence-electron chi connectivity index (χ4n) is 8.98. The average molecular weight is 1170 g/mol. The Labute approximate surface area is 478 Å². The van der Waals surface area contributed by atoms with Crippen molar-refractivity contribution in [3.63, 3.8) is 0 Å². The summed E-state index contributed by atoms with van der Waals surface area (Å²) in [6, 6.07) is 18.2. The summed E-state index contributed by atoms with van der Waals surface area (Å²) in [6.07, 6.45) is -4.38. The van der Waals surface area contributed by atoms with Gasteiger partial charge in [0, 0.05) is 47.6 Å². The second-order valence-electron chi connectivity index (χ2n) is 22.4. The molecule has 0 saturated carbocycles. The molecule has 2 unspecified atom stereocenters. The van der Waals surface area contributed by atoms with Gasteiger partial charge in [-0.15, -0.1) is 23.5 Å². The summed E-state index contributed by atoms with van der Waals surface area (Å²) < 4.78 is 78.2. The summed E-state index contributed by atoms with van der Waals surface area (Å²) in [4.78, 5) is 58.5. The van der Waals surface area contributed by atoms with Crippen molar-refractivity contribution < 1.29 is 76.1 Å². The van der Waals surface area contributed by atoms with E-state index in [0.29, 0.717) is 11.4 Å². The Bertz CT molecular complexity index is 2880. The number of aliphatic hydroxyl groups is 4. The largest absolute Gasteiger partial charge is 0.387 e. The molecule has 0 spiro atoms. The zero-order chi connectivity index (χ0) is 59.7. The van der Waals surface area contributed by atoms with Gasteiger partial charge >= 0.3 is 0 Å². The molecule has 0 aliphatic carbocycles. The highest BCUT2D eigenvalue weighted by molar-refractivity contribution is 7.99. The lowest BCUT2D eigenvalue weighted by atomic mass is 9.93. The number of para-hydroxylation sites is 2. The van der Waals surface area contributed by atoms with Gasteiger partial charge in [-0.2, -0.15) is 0 Å². The number of rotatable bonds is 16. The number of ether oxygens (including phenoxy) is 4. The Kier molecular flexibility index (Phi) is 22.0. The second-order valence-corrected chi connectivity index (χ2v) is 24.5. The van der Waals surface area contributed by atoms with Crippen LogP contribution in [-0.4, -0.2) is 136 Å². The molecule has 3 aliphatic heterocycles. The number of aliphatic hydroxyl groups excluding tert-OH is 4. The average Bonchev–Trinajstić information content (AvgIpc) is 3.65. The normalized spacial score (nSPS) is 22.3. The summed E-state index contributed by atoms with van der Waals surface area (Å²) in [6.45, 7) is 14.8. The van der Waals surface area contributed by atoms with Gasteiger partial charge in [0.25, 0.3) is 23.6 Å². The maximum Gasteiger partial charge on any atom is 0.252 e. The molecule has 0 aromatic heterocycles. The number of thioether (sulfide) groups is 2. The highest BCUT2D eigenvalue weighted by Gasteiger charge is 2.48. The van der Waals surface area contributed by atoms with E-state index in [0.717, 1.165) is 41.2 Å². The van der Waals surface area contributed by atoms with Crippen LogP contribution in [0.5, 0.6) is 0 Å². The van der Waals surface area contributed by atoms with Gasteiger partial charge in [-0.25, -0.2) is 17.6 Å². The lowest BCUT2D eigenvalue weighted by molar-refractivity contribution is -0.334. The van der Waals surface area contributed by atoms with Crippen molar-refractivity contribution in [2.75, 3.05) is 35.5 Å². The lowest BCUT2D eigenvalue weighted by Crippen LogP contribution is -2.62. The Morgan fingerprint density at radius 1 is 0.691 bits per heavy atom. The Hall–Kier alpha value is -5.66. The van der Waals surface area contributed by atoms with Crippen LogP contribution in [0.1, 0.15) is 66.5 Å². The first-order valence-electron chi connectivity index (χ1n) is 26.1. The van der Waals surface area contributed by atoms with E-state index >= 15 is 0 Å². The molecule has 1 saturated heterocycles. The van der Waals surface area contributed by atoms with Crippen molar-refractivity contribution in [2.45, 2.75) is 145 Å². The molecule has 3 aliphatic rings. The van der Waals surface area contributed by atoms with E-state index < -0.39 is 114 Å². The van der Waals surface area contributed by atoms with Crippen molar-refractivity contribution in [1.29, 1.82) is 0 Å². The molecule has 81 heavy (non-hydrogen) atoms. The van der Waals surface area contributed by atoms with Crippen molar-refractivity contribution in [2.24, 2.45) is 10.8 Å². The number of benzene rings is 4. The van der Waals surface area contributed by atoms with Crippen LogP contribution < -0.4 is 20.4 Å². The Morgan fingerprint density at radius 2 is 1.14 bits per heavy atom. The SMILES string of the molecule is CO[C@@H](C(=O)NC1CSc2ccccc2N(Cc2cc(F)cc(F)c2)C1=O)[C@@H]1OC(C)(C)O[C@H](/C=C/C(C)(C)C)[C@@H]1O.CO[C@@H](C(=O)NC1CSc2ccccc2N(Cc2cc(F)cc(F)c2)C1=O)[C@H](O)[C@@H](O)[C@H](O)/C=C/C(C)(C)C. The van der Waals surface area contributed by atoms with E-state index in [2.05, 4.69) is 10.6 Å². The Balaban J connectivity index is 0.000000262. The van der Waals surface area contributed by atoms with E-state index in [4.69, 9.17) is 18.9 Å². The predicted octanol–water partition coefficient (Wildman–Crippen LogP) is 7.38. The van der Waals surface area contributed by atoms with Crippen molar-refractivity contribution >= 4 is 58.5 Å². The van der Waals surface area contributed by atoms with Gasteiger partial charge in [0.15, 0.2) is 18.0 Å². The number of carbonyl (C=O) groups is 4. The van der Waals surface area contributed by atoms with Gasteiger partial charge in [0.1, 0.15) is 72.0 Å². The highest BCUT2D eigenvalue weighted by Crippen LogP contribution is 2.38. The van der Waals surface area contributed by atoms with Crippen LogP contribution in [0.3, 0.4) is 0 Å². The number of allylic oxidation sites excluding steroid dienone is 2. The minimum Gasteiger partial charge on any atom is -0.387 e. The number of hydrogen-bond acceptors (Lipinski definition) is 14. The summed E-state index contributed by atoms with van der Waals surface area (Å²) in [7, 11) is 2.48. The molecular formula is C59H72F4N4O12S2. The molecule has 4 amide bonds. The number of methoxy groups -OCH3 is 2. The third-order valence-corrected chi connectivity index (χ3v) is 15.1. The first kappa shape index (κ1) is 64.5. The second kappa shape index (κ2) is 27.6. The number of amides is 4. The summed E-state index contributed by atoms with van der Waals surface area (Å²) in [5.41, 5.74) is 1.10. The fraction of sp³-hybridized carbons (Fsp3) is 0.458. The first-order valence-corrected chi connectivity index (χ1v) is 28.0. The third kappa shape index (κ3) is 17.7. The van der Waals surface area contributed by atoms with E-state index in [1.165, 1.54) is 58.6 Å². The summed E-state index contributed by atoms with van der Waals surface area (Å²) in [5, 5.41) is 47.9. The zero-order valence-electron chi connectivity index (χ0n) is 46.8. The standard InChI is InChI=1S/C31H38F2N2O6S.C28H34F2N2O6S/c1-30(2,3)12-11-23-25(36)26(41-31(4,5)40-23)27(39-6)28(37)34-21-17-42-24-10-8-7-9-22(24)35(29(21)38)16-18-13-19(32)15-20(33)14-18;1-28(2,3)10-9-21(33)23(34)24(35)25(38-4)26(36)31-19-15-39-22-8-6-5-7-20(22)32(27(19)37)14-16-11-17(29)13-18(30)12-16/h7-15,21,23,25-27,36H,16-17H2,1-6H3,(H,34,37);5-13,19,21,23-25,33-35H,14-15H2,1-4H3,(H,31,36)/b12-11+;10-9+/t21?,23-,25+,26-,27-;19?,21-,23+,24-,25-/m11/s1. The van der Waals surface area contributed by atoms with Gasteiger partial charge in [-0.3, -0.25) is 19.2 Å². The maximum absolute atomic E-state index is 14.0. The highest BCUT2D eigenvalue weighted by atomic mass is 32.2. The van der Waals surface area contributed by atoms with Gasteiger partial charge < -0.3 is 59.8 Å². The van der Waals surface area contributed by atoms with Crippen LogP contribution in [-0.2, 0) is 51.2 Å². The fourth-order valence-corrected chi connectivity index (χ4v) is 11.1. The number of nitrogens with one attached hydrogen (secondary N) is 2. The molecule has 0 bridgehead atoms. The molecule has 440 valence electrons. The molecule has 4 aromatic rings. The maximum atomic E-state index is 14.0. The zero-order valence-corrected chi connectivity index (χ0v) is 48.4. The predicted molar refractivity (Wildman–Crippen MR) is 300 cm³/mol. The monoisotopic (exact) mass is 1170 g/mol. The lowest BCUT2D eigenvalue weighted by Gasteiger charge is -2.45. The van der Waals surface area contributed by atoms with Gasteiger partial charge in [-0.1, -0.05) is 90.1 Å². The van der Waals surface area contributed by atoms with Crippen LogP contribution >= 0.6 is 23.5 Å². The smallest absolute Gasteiger partial charge is 0.252 e. The molecule has 0 radical (unpaired) electrons. The molecule has 7 rings (SSSR count). The number of nitrogens with zero attached hydrogens (tertiary/aromatic N) is 2. The van der Waals surface area contributed by atoms with Crippen LogP contribution in [0.25, 0.3) is 0 Å².